The molecule has 3 heteroatoms. The van der Waals surface area contributed by atoms with Crippen LogP contribution in [0.2, 0.25) is 0 Å². The third-order valence-electron chi connectivity index (χ3n) is 3.65. The second kappa shape index (κ2) is 4.63. The molecule has 3 nitrogen and oxygen atoms in total. The third-order valence-corrected chi connectivity index (χ3v) is 3.65. The molecule has 2 aliphatic heterocycles. The number of rotatable bonds is 2. The quantitative estimate of drug-likeness (QED) is 0.774. The first-order valence-corrected chi connectivity index (χ1v) is 6.61. The predicted molar refractivity (Wildman–Crippen MR) is 66.7 cm³/mol. The van der Waals surface area contributed by atoms with Gasteiger partial charge in [-0.3, -0.25) is 4.90 Å². The number of hydrogen-bond donors (Lipinski definition) is 1. The molecule has 2 saturated heterocycles. The van der Waals surface area contributed by atoms with Gasteiger partial charge in [0.15, 0.2) is 0 Å². The third kappa shape index (κ3) is 2.96. The Morgan fingerprint density at radius 1 is 1.38 bits per heavy atom. The van der Waals surface area contributed by atoms with Gasteiger partial charge >= 0.3 is 0 Å². The molecule has 16 heavy (non-hydrogen) atoms. The first kappa shape index (κ1) is 12.3. The zero-order valence-electron chi connectivity index (χ0n) is 11.1. The van der Waals surface area contributed by atoms with Gasteiger partial charge in [0.2, 0.25) is 0 Å². The molecule has 0 unspecified atom stereocenters. The van der Waals surface area contributed by atoms with Crippen LogP contribution in [-0.4, -0.2) is 48.3 Å². The van der Waals surface area contributed by atoms with E-state index in [4.69, 9.17) is 4.74 Å². The summed E-state index contributed by atoms with van der Waals surface area (Å²) in [6, 6.07) is 1.28. The minimum absolute atomic E-state index is 0.0387. The number of nitrogens with zero attached hydrogens (tertiary/aromatic N) is 1. The highest BCUT2D eigenvalue weighted by molar-refractivity contribution is 4.92. The summed E-state index contributed by atoms with van der Waals surface area (Å²) in [6.45, 7) is 12.2. The highest BCUT2D eigenvalue weighted by atomic mass is 16.5. The van der Waals surface area contributed by atoms with Gasteiger partial charge in [-0.05, 0) is 47.1 Å². The molecule has 1 N–H and O–H groups in total. The molecule has 2 rings (SSSR count). The van der Waals surface area contributed by atoms with Gasteiger partial charge in [0.05, 0.1) is 11.7 Å². The molecule has 3 atom stereocenters. The average molecular weight is 226 g/mol. The van der Waals surface area contributed by atoms with Gasteiger partial charge < -0.3 is 10.1 Å². The summed E-state index contributed by atoms with van der Waals surface area (Å²) < 4.78 is 6.04. The summed E-state index contributed by atoms with van der Waals surface area (Å²) in [6.07, 6.45) is 3.03. The van der Waals surface area contributed by atoms with Crippen molar-refractivity contribution in [3.63, 3.8) is 0 Å². The van der Waals surface area contributed by atoms with E-state index in [9.17, 15) is 0 Å². The maximum absolute atomic E-state index is 6.04. The lowest BCUT2D eigenvalue weighted by Gasteiger charge is -2.40. The van der Waals surface area contributed by atoms with Crippen molar-refractivity contribution in [1.29, 1.82) is 0 Å². The summed E-state index contributed by atoms with van der Waals surface area (Å²) in [7, 11) is 0. The van der Waals surface area contributed by atoms with Crippen molar-refractivity contribution in [2.24, 2.45) is 0 Å². The van der Waals surface area contributed by atoms with Crippen molar-refractivity contribution in [1.82, 2.24) is 10.2 Å². The number of fused-ring (bicyclic) bond motifs is 1. The van der Waals surface area contributed by atoms with E-state index in [1.165, 1.54) is 19.4 Å². The second-order valence-corrected chi connectivity index (χ2v) is 6.24. The molecule has 0 bridgehead atoms. The Bertz CT molecular complexity index is 237. The van der Waals surface area contributed by atoms with Crippen molar-refractivity contribution < 1.29 is 4.74 Å². The van der Waals surface area contributed by atoms with E-state index in [0.29, 0.717) is 12.1 Å². The van der Waals surface area contributed by atoms with Crippen LogP contribution in [0.1, 0.15) is 40.5 Å². The van der Waals surface area contributed by atoms with Crippen molar-refractivity contribution in [2.75, 3.05) is 19.6 Å². The van der Waals surface area contributed by atoms with Gasteiger partial charge in [-0.2, -0.15) is 0 Å². The van der Waals surface area contributed by atoms with Crippen LogP contribution in [0.15, 0.2) is 0 Å². The van der Waals surface area contributed by atoms with Crippen molar-refractivity contribution >= 4 is 0 Å². The van der Waals surface area contributed by atoms with Crippen molar-refractivity contribution in [3.05, 3.63) is 0 Å². The zero-order chi connectivity index (χ0) is 11.8. The zero-order valence-corrected chi connectivity index (χ0v) is 11.1. The minimum atomic E-state index is -0.0387. The molecule has 2 fully saturated rings. The van der Waals surface area contributed by atoms with Gasteiger partial charge in [-0.25, -0.2) is 0 Å². The lowest BCUT2D eigenvalue weighted by molar-refractivity contribution is -0.0755. The molecule has 0 aromatic heterocycles. The van der Waals surface area contributed by atoms with Crippen LogP contribution in [0.4, 0.5) is 0 Å². The molecule has 0 saturated carbocycles. The van der Waals surface area contributed by atoms with E-state index in [1.807, 2.05) is 0 Å². The van der Waals surface area contributed by atoms with Crippen LogP contribution in [-0.2, 0) is 4.74 Å². The Hall–Kier alpha value is -0.120. The fourth-order valence-corrected chi connectivity index (χ4v) is 2.93. The summed E-state index contributed by atoms with van der Waals surface area (Å²) in [5, 5.41) is 3.65. The summed E-state index contributed by atoms with van der Waals surface area (Å²) >= 11 is 0. The highest BCUT2D eigenvalue weighted by Crippen LogP contribution is 2.22. The van der Waals surface area contributed by atoms with E-state index in [1.54, 1.807) is 0 Å². The van der Waals surface area contributed by atoms with E-state index in [-0.39, 0.29) is 5.60 Å². The van der Waals surface area contributed by atoms with Crippen LogP contribution in [0, 0.1) is 0 Å². The van der Waals surface area contributed by atoms with Gasteiger partial charge in [0.1, 0.15) is 0 Å². The molecule has 0 aromatic carbocycles. The van der Waals surface area contributed by atoms with E-state index in [0.717, 1.165) is 19.1 Å². The Kier molecular flexibility index (Phi) is 3.57. The lowest BCUT2D eigenvalue weighted by atomic mass is 10.1. The van der Waals surface area contributed by atoms with Gasteiger partial charge in [-0.15, -0.1) is 0 Å². The van der Waals surface area contributed by atoms with Gasteiger partial charge in [0, 0.05) is 25.2 Å². The first-order chi connectivity index (χ1) is 7.46. The van der Waals surface area contributed by atoms with Gasteiger partial charge in [0.25, 0.3) is 0 Å². The van der Waals surface area contributed by atoms with Crippen LogP contribution in [0.25, 0.3) is 0 Å². The average Bonchev–Trinajstić information content (AvgIpc) is 2.61. The van der Waals surface area contributed by atoms with Crippen molar-refractivity contribution in [3.8, 4) is 0 Å². The predicted octanol–water partition coefficient (Wildman–Crippen LogP) is 1.63. The number of ether oxygens (including phenoxy) is 1. The van der Waals surface area contributed by atoms with E-state index >= 15 is 0 Å². The van der Waals surface area contributed by atoms with E-state index < -0.39 is 0 Å². The van der Waals surface area contributed by atoms with E-state index in [2.05, 4.69) is 37.9 Å². The topological polar surface area (TPSA) is 24.5 Å². The molecular formula is C13H26N2O. The maximum Gasteiger partial charge on any atom is 0.0719 e. The normalized spacial score (nSPS) is 33.8. The number of nitrogens with one attached hydrogen (secondary N) is 1. The van der Waals surface area contributed by atoms with Crippen molar-refractivity contribution in [2.45, 2.75) is 64.3 Å². The standard InChI is InChI=1S/C13H26N2O/c1-10(16-13(2,3)4)12-9-15-7-5-6-11(15)8-14-12/h10-12,14H,5-9H2,1-4H3/t10-,11-,12+/m0/s1. The summed E-state index contributed by atoms with van der Waals surface area (Å²) in [4.78, 5) is 2.63. The molecule has 0 aromatic rings. The fraction of sp³-hybridized carbons (Fsp3) is 1.00. The lowest BCUT2D eigenvalue weighted by Crippen LogP contribution is -2.58. The Labute approximate surface area is 99.5 Å². The fourth-order valence-electron chi connectivity index (χ4n) is 2.93. The summed E-state index contributed by atoms with van der Waals surface area (Å²) in [5.41, 5.74) is -0.0387. The Balaban J connectivity index is 1.86. The maximum atomic E-state index is 6.04. The molecular weight excluding hydrogens is 200 g/mol. The SMILES string of the molecule is C[C@H](OC(C)(C)C)[C@H]1CN2CCC[C@H]2CN1. The molecule has 0 radical (unpaired) electrons. The Morgan fingerprint density at radius 2 is 2.12 bits per heavy atom. The molecule has 0 spiro atoms. The van der Waals surface area contributed by atoms with Crippen LogP contribution < -0.4 is 5.32 Å². The largest absolute Gasteiger partial charge is 0.371 e. The molecule has 2 heterocycles. The smallest absolute Gasteiger partial charge is 0.0719 e. The van der Waals surface area contributed by atoms with Crippen LogP contribution in [0.3, 0.4) is 0 Å². The molecule has 0 amide bonds. The summed E-state index contributed by atoms with van der Waals surface area (Å²) in [5.74, 6) is 0. The minimum Gasteiger partial charge on any atom is -0.371 e. The van der Waals surface area contributed by atoms with Crippen LogP contribution in [0.5, 0.6) is 0 Å². The molecule has 0 aliphatic carbocycles. The number of piperazine rings is 1. The highest BCUT2D eigenvalue weighted by Gasteiger charge is 2.34. The van der Waals surface area contributed by atoms with Crippen LogP contribution >= 0.6 is 0 Å². The van der Waals surface area contributed by atoms with Gasteiger partial charge in [-0.1, -0.05) is 0 Å². The molecule has 94 valence electrons. The monoisotopic (exact) mass is 226 g/mol. The first-order valence-electron chi connectivity index (χ1n) is 6.61. The Morgan fingerprint density at radius 3 is 2.81 bits per heavy atom. The molecule has 2 aliphatic rings. The second-order valence-electron chi connectivity index (χ2n) is 6.24. The number of hydrogen-bond acceptors (Lipinski definition) is 3.